The molecule has 1 aliphatic carbocycles. The Morgan fingerprint density at radius 3 is 2.83 bits per heavy atom. The van der Waals surface area contributed by atoms with Crippen molar-refractivity contribution in [2.45, 2.75) is 43.0 Å². The maximum Gasteiger partial charge on any atom is 0.228 e. The van der Waals surface area contributed by atoms with Crippen LogP contribution < -0.4 is 10.0 Å². The van der Waals surface area contributed by atoms with E-state index in [1.165, 1.54) is 12.8 Å². The van der Waals surface area contributed by atoms with Gasteiger partial charge in [0, 0.05) is 11.7 Å². The number of nitrogens with one attached hydrogen (secondary N) is 2. The predicted octanol–water partition coefficient (Wildman–Crippen LogP) is 1.74. The minimum atomic E-state index is -1.17. The highest BCUT2D eigenvalue weighted by Crippen LogP contribution is 2.25. The van der Waals surface area contributed by atoms with Gasteiger partial charge in [0.05, 0.1) is 11.3 Å². The molecule has 0 spiro atoms. The summed E-state index contributed by atoms with van der Waals surface area (Å²) in [4.78, 5) is 12.0. The molecule has 1 aliphatic heterocycles. The third kappa shape index (κ3) is 2.33. The molecule has 0 saturated heterocycles. The number of hydrogen-bond acceptors (Lipinski definition) is 2. The Morgan fingerprint density at radius 1 is 1.28 bits per heavy atom. The number of anilines is 1. The quantitative estimate of drug-likeness (QED) is 0.873. The Morgan fingerprint density at radius 2 is 2.06 bits per heavy atom. The number of rotatable bonds is 3. The third-order valence-electron chi connectivity index (χ3n) is 3.54. The Balaban J connectivity index is 1.74. The Labute approximate surface area is 109 Å². The standard InChI is InChI=1S/C13H16N2O2S/c16-13-8-9-7-11(5-6-12(9)14-13)18(17)15-10-3-1-2-4-10/h5-7,10,15H,1-4,8H2,(H,14,16). The molecule has 1 aromatic carbocycles. The maximum absolute atomic E-state index is 12.2. The van der Waals surface area contributed by atoms with Gasteiger partial charge in [-0.25, -0.2) is 8.93 Å². The highest BCUT2D eigenvalue weighted by atomic mass is 32.2. The SMILES string of the molecule is O=C1Cc2cc(S(=O)NC3CCCC3)ccc2N1. The molecule has 1 unspecified atom stereocenters. The van der Waals surface area contributed by atoms with E-state index in [1.54, 1.807) is 0 Å². The van der Waals surface area contributed by atoms with Gasteiger partial charge in [-0.2, -0.15) is 0 Å². The summed E-state index contributed by atoms with van der Waals surface area (Å²) in [5.41, 5.74) is 1.79. The van der Waals surface area contributed by atoms with Gasteiger partial charge < -0.3 is 5.32 Å². The summed E-state index contributed by atoms with van der Waals surface area (Å²) in [6.07, 6.45) is 5.05. The van der Waals surface area contributed by atoms with E-state index in [-0.39, 0.29) is 5.91 Å². The lowest BCUT2D eigenvalue weighted by atomic mass is 10.2. The molecule has 18 heavy (non-hydrogen) atoms. The van der Waals surface area contributed by atoms with Crippen LogP contribution in [0.15, 0.2) is 23.1 Å². The molecular formula is C13H16N2O2S. The molecule has 1 aromatic rings. The highest BCUT2D eigenvalue weighted by molar-refractivity contribution is 7.83. The molecule has 1 atom stereocenters. The summed E-state index contributed by atoms with van der Waals surface area (Å²) in [6.45, 7) is 0. The van der Waals surface area contributed by atoms with Gasteiger partial charge in [0.1, 0.15) is 11.0 Å². The van der Waals surface area contributed by atoms with E-state index in [9.17, 15) is 9.00 Å². The van der Waals surface area contributed by atoms with Crippen LogP contribution in [0.4, 0.5) is 5.69 Å². The van der Waals surface area contributed by atoms with Crippen LogP contribution in [0.2, 0.25) is 0 Å². The molecule has 2 N–H and O–H groups in total. The largest absolute Gasteiger partial charge is 0.326 e. The molecule has 1 saturated carbocycles. The summed E-state index contributed by atoms with van der Waals surface area (Å²) in [6, 6.07) is 5.90. The average molecular weight is 264 g/mol. The van der Waals surface area contributed by atoms with E-state index in [1.807, 2.05) is 18.2 Å². The number of benzene rings is 1. The van der Waals surface area contributed by atoms with E-state index in [0.717, 1.165) is 29.0 Å². The van der Waals surface area contributed by atoms with Crippen molar-refractivity contribution < 1.29 is 9.00 Å². The normalized spacial score (nSPS) is 20.8. The second kappa shape index (κ2) is 4.82. The molecule has 5 heteroatoms. The molecule has 0 aromatic heterocycles. The van der Waals surface area contributed by atoms with Crippen molar-refractivity contribution in [2.24, 2.45) is 0 Å². The lowest BCUT2D eigenvalue weighted by Gasteiger charge is -2.11. The molecule has 1 fully saturated rings. The van der Waals surface area contributed by atoms with Crippen LogP contribution in [0, 0.1) is 0 Å². The Hall–Kier alpha value is -1.20. The van der Waals surface area contributed by atoms with Crippen molar-refractivity contribution in [1.29, 1.82) is 0 Å². The van der Waals surface area contributed by atoms with Crippen molar-refractivity contribution in [3.8, 4) is 0 Å². The van der Waals surface area contributed by atoms with Crippen LogP contribution in [0.25, 0.3) is 0 Å². The van der Waals surface area contributed by atoms with Crippen molar-refractivity contribution in [2.75, 3.05) is 5.32 Å². The first-order valence-corrected chi connectivity index (χ1v) is 7.48. The van der Waals surface area contributed by atoms with Gasteiger partial charge in [-0.15, -0.1) is 0 Å². The van der Waals surface area contributed by atoms with Crippen LogP contribution in [-0.4, -0.2) is 16.2 Å². The maximum atomic E-state index is 12.2. The number of carbonyl (C=O) groups is 1. The van der Waals surface area contributed by atoms with Crippen molar-refractivity contribution in [1.82, 2.24) is 4.72 Å². The Bertz CT molecular complexity index is 510. The first kappa shape index (κ1) is 11.9. The zero-order valence-corrected chi connectivity index (χ0v) is 10.9. The van der Waals surface area contributed by atoms with Gasteiger partial charge >= 0.3 is 0 Å². The van der Waals surface area contributed by atoms with Crippen LogP contribution in [-0.2, 0) is 22.2 Å². The van der Waals surface area contributed by atoms with Crippen LogP contribution in [0.1, 0.15) is 31.2 Å². The van der Waals surface area contributed by atoms with Gasteiger partial charge in [0.25, 0.3) is 0 Å². The van der Waals surface area contributed by atoms with Crippen LogP contribution >= 0.6 is 0 Å². The molecule has 3 rings (SSSR count). The summed E-state index contributed by atoms with van der Waals surface area (Å²) < 4.78 is 15.3. The number of carbonyl (C=O) groups excluding carboxylic acids is 1. The van der Waals surface area contributed by atoms with Crippen LogP contribution in [0.5, 0.6) is 0 Å². The second-order valence-electron chi connectivity index (χ2n) is 4.91. The van der Waals surface area contributed by atoms with E-state index in [0.29, 0.717) is 12.5 Å². The third-order valence-corrected chi connectivity index (χ3v) is 4.77. The smallest absolute Gasteiger partial charge is 0.228 e. The summed E-state index contributed by atoms with van der Waals surface area (Å²) in [5.74, 6) is 0.0108. The molecule has 4 nitrogen and oxygen atoms in total. The number of fused-ring (bicyclic) bond motifs is 1. The van der Waals surface area contributed by atoms with E-state index in [4.69, 9.17) is 0 Å². The summed E-state index contributed by atoms with van der Waals surface area (Å²) in [5, 5.41) is 2.78. The fourth-order valence-corrected chi connectivity index (χ4v) is 3.70. The lowest BCUT2D eigenvalue weighted by molar-refractivity contribution is -0.115. The van der Waals surface area contributed by atoms with Crippen molar-refractivity contribution in [3.63, 3.8) is 0 Å². The minimum absolute atomic E-state index is 0.0108. The predicted molar refractivity (Wildman–Crippen MR) is 70.6 cm³/mol. The van der Waals surface area contributed by atoms with Gasteiger partial charge in [0.15, 0.2) is 0 Å². The minimum Gasteiger partial charge on any atom is -0.326 e. The zero-order chi connectivity index (χ0) is 12.5. The Kier molecular flexibility index (Phi) is 3.18. The number of amides is 1. The number of hydrogen-bond donors (Lipinski definition) is 2. The molecule has 2 aliphatic rings. The van der Waals surface area contributed by atoms with Gasteiger partial charge in [-0.3, -0.25) is 4.79 Å². The van der Waals surface area contributed by atoms with Crippen molar-refractivity contribution >= 4 is 22.6 Å². The first-order valence-electron chi connectivity index (χ1n) is 6.33. The topological polar surface area (TPSA) is 58.2 Å². The monoisotopic (exact) mass is 264 g/mol. The molecule has 1 amide bonds. The summed E-state index contributed by atoms with van der Waals surface area (Å²) >= 11 is 0. The van der Waals surface area contributed by atoms with Crippen LogP contribution in [0.3, 0.4) is 0 Å². The van der Waals surface area contributed by atoms with Gasteiger partial charge in [0.2, 0.25) is 5.91 Å². The summed E-state index contributed by atoms with van der Waals surface area (Å²) in [7, 11) is -1.17. The lowest BCUT2D eigenvalue weighted by Crippen LogP contribution is -2.28. The molecular weight excluding hydrogens is 248 g/mol. The highest BCUT2D eigenvalue weighted by Gasteiger charge is 2.21. The van der Waals surface area contributed by atoms with E-state index >= 15 is 0 Å². The van der Waals surface area contributed by atoms with E-state index in [2.05, 4.69) is 10.0 Å². The molecule has 96 valence electrons. The first-order chi connectivity index (χ1) is 8.72. The van der Waals surface area contributed by atoms with Gasteiger partial charge in [-0.1, -0.05) is 12.8 Å². The zero-order valence-electron chi connectivity index (χ0n) is 10.1. The molecule has 1 heterocycles. The average Bonchev–Trinajstić information content (AvgIpc) is 2.95. The second-order valence-corrected chi connectivity index (χ2v) is 6.16. The van der Waals surface area contributed by atoms with Crippen molar-refractivity contribution in [3.05, 3.63) is 23.8 Å². The van der Waals surface area contributed by atoms with E-state index < -0.39 is 11.0 Å². The molecule has 0 radical (unpaired) electrons. The fourth-order valence-electron chi connectivity index (χ4n) is 2.58. The molecule has 0 bridgehead atoms. The van der Waals surface area contributed by atoms with Gasteiger partial charge in [-0.05, 0) is 36.6 Å². The fraction of sp³-hybridized carbons (Fsp3) is 0.462.